The lowest BCUT2D eigenvalue weighted by Crippen LogP contribution is -2.44. The number of benzene rings is 1. The Morgan fingerprint density at radius 2 is 2.05 bits per heavy atom. The van der Waals surface area contributed by atoms with E-state index >= 15 is 0 Å². The second-order valence-electron chi connectivity index (χ2n) is 4.42. The second kappa shape index (κ2) is 8.43. The number of ether oxygens (including phenoxy) is 1. The van der Waals surface area contributed by atoms with Crippen LogP contribution in [0.15, 0.2) is 30.3 Å². The first-order valence-electron chi connectivity index (χ1n) is 6.59. The van der Waals surface area contributed by atoms with Gasteiger partial charge in [-0.25, -0.2) is 0 Å². The van der Waals surface area contributed by atoms with Gasteiger partial charge in [0.05, 0.1) is 12.6 Å². The van der Waals surface area contributed by atoms with Crippen molar-refractivity contribution in [3.05, 3.63) is 35.9 Å². The van der Waals surface area contributed by atoms with Gasteiger partial charge in [0, 0.05) is 0 Å². The molecule has 1 rings (SSSR count). The number of aldehydes is 1. The molecule has 104 valence electrons. The normalized spacial score (nSPS) is 13.6. The maximum absolute atomic E-state index is 11.8. The van der Waals surface area contributed by atoms with Crippen molar-refractivity contribution in [1.29, 1.82) is 0 Å². The van der Waals surface area contributed by atoms with E-state index in [1.165, 1.54) is 0 Å². The third-order valence-corrected chi connectivity index (χ3v) is 2.80. The summed E-state index contributed by atoms with van der Waals surface area (Å²) in [6, 6.07) is 9.13. The minimum Gasteiger partial charge on any atom is -0.465 e. The zero-order chi connectivity index (χ0) is 14.1. The monoisotopic (exact) mass is 263 g/mol. The molecule has 0 aliphatic heterocycles. The third-order valence-electron chi connectivity index (χ3n) is 2.80. The van der Waals surface area contributed by atoms with E-state index in [4.69, 9.17) is 4.74 Å². The standard InChI is InChI=1S/C15H21NO3/c1-3-19-15(18)14(16-12(2)11-17)10-9-13-7-5-4-6-8-13/h4-8,11-12,14,16H,3,9-10H2,1-2H3/t12-,14-/m0/s1. The average Bonchev–Trinajstić information content (AvgIpc) is 2.44. The highest BCUT2D eigenvalue weighted by molar-refractivity contribution is 5.76. The number of hydrogen-bond donors (Lipinski definition) is 1. The van der Waals surface area contributed by atoms with Gasteiger partial charge < -0.3 is 9.53 Å². The number of rotatable bonds is 8. The van der Waals surface area contributed by atoms with E-state index < -0.39 is 6.04 Å². The summed E-state index contributed by atoms with van der Waals surface area (Å²) in [5.74, 6) is -0.299. The summed E-state index contributed by atoms with van der Waals surface area (Å²) < 4.78 is 5.02. The Hall–Kier alpha value is -1.68. The SMILES string of the molecule is CCOC(=O)[C@H](CCc1ccccc1)N[C@@H](C)C=O. The molecule has 0 unspecified atom stereocenters. The minimum atomic E-state index is -0.444. The predicted octanol–water partition coefficient (Wildman–Crippen LogP) is 1.73. The van der Waals surface area contributed by atoms with Gasteiger partial charge in [-0.1, -0.05) is 30.3 Å². The molecular weight excluding hydrogens is 242 g/mol. The van der Waals surface area contributed by atoms with Crippen LogP contribution in [0.1, 0.15) is 25.8 Å². The number of esters is 1. The molecule has 0 aromatic heterocycles. The molecular formula is C15H21NO3. The summed E-state index contributed by atoms with van der Waals surface area (Å²) in [6.45, 7) is 3.84. The first-order chi connectivity index (χ1) is 9.17. The smallest absolute Gasteiger partial charge is 0.323 e. The van der Waals surface area contributed by atoms with Gasteiger partial charge in [0.2, 0.25) is 0 Å². The van der Waals surface area contributed by atoms with Crippen LogP contribution in [0, 0.1) is 0 Å². The van der Waals surface area contributed by atoms with Crippen molar-refractivity contribution in [3.8, 4) is 0 Å². The van der Waals surface area contributed by atoms with Crippen LogP contribution in [-0.2, 0) is 20.7 Å². The van der Waals surface area contributed by atoms with E-state index in [2.05, 4.69) is 5.32 Å². The summed E-state index contributed by atoms with van der Waals surface area (Å²) in [6.07, 6.45) is 2.17. The predicted molar refractivity (Wildman–Crippen MR) is 73.8 cm³/mol. The molecule has 0 heterocycles. The largest absolute Gasteiger partial charge is 0.465 e. The maximum Gasteiger partial charge on any atom is 0.323 e. The Morgan fingerprint density at radius 1 is 1.37 bits per heavy atom. The lowest BCUT2D eigenvalue weighted by atomic mass is 10.0. The van der Waals surface area contributed by atoms with Crippen LogP contribution >= 0.6 is 0 Å². The van der Waals surface area contributed by atoms with Crippen molar-refractivity contribution in [2.45, 2.75) is 38.8 Å². The molecule has 19 heavy (non-hydrogen) atoms. The van der Waals surface area contributed by atoms with Gasteiger partial charge in [-0.15, -0.1) is 0 Å². The highest BCUT2D eigenvalue weighted by Crippen LogP contribution is 2.07. The summed E-state index contributed by atoms with van der Waals surface area (Å²) in [4.78, 5) is 22.5. The van der Waals surface area contributed by atoms with Crippen molar-refractivity contribution < 1.29 is 14.3 Å². The molecule has 2 atom stereocenters. The van der Waals surface area contributed by atoms with Gasteiger partial charge >= 0.3 is 5.97 Å². The van der Waals surface area contributed by atoms with E-state index in [0.29, 0.717) is 13.0 Å². The van der Waals surface area contributed by atoms with Gasteiger partial charge in [-0.2, -0.15) is 0 Å². The number of carbonyl (C=O) groups excluding carboxylic acids is 2. The molecule has 0 saturated carbocycles. The number of nitrogens with one attached hydrogen (secondary N) is 1. The van der Waals surface area contributed by atoms with Gasteiger partial charge in [-0.3, -0.25) is 10.1 Å². The summed E-state index contributed by atoms with van der Waals surface area (Å²) in [5, 5.41) is 2.98. The fourth-order valence-corrected chi connectivity index (χ4v) is 1.82. The first kappa shape index (κ1) is 15.4. The summed E-state index contributed by atoms with van der Waals surface area (Å²) in [7, 11) is 0. The van der Waals surface area contributed by atoms with Crippen molar-refractivity contribution in [2.24, 2.45) is 0 Å². The zero-order valence-electron chi connectivity index (χ0n) is 11.5. The summed E-state index contributed by atoms with van der Waals surface area (Å²) >= 11 is 0. The highest BCUT2D eigenvalue weighted by atomic mass is 16.5. The topological polar surface area (TPSA) is 55.4 Å². The number of aryl methyl sites for hydroxylation is 1. The molecule has 0 aliphatic carbocycles. The van der Waals surface area contributed by atoms with Gasteiger partial charge in [0.15, 0.2) is 0 Å². The van der Waals surface area contributed by atoms with E-state index in [9.17, 15) is 9.59 Å². The molecule has 1 aromatic rings. The van der Waals surface area contributed by atoms with E-state index in [1.807, 2.05) is 30.3 Å². The molecule has 1 N–H and O–H groups in total. The molecule has 0 fully saturated rings. The molecule has 0 amide bonds. The molecule has 1 aromatic carbocycles. The van der Waals surface area contributed by atoms with Crippen LogP contribution in [0.2, 0.25) is 0 Å². The average molecular weight is 263 g/mol. The van der Waals surface area contributed by atoms with E-state index in [-0.39, 0.29) is 12.0 Å². The van der Waals surface area contributed by atoms with Crippen LogP contribution in [0.25, 0.3) is 0 Å². The molecule has 0 spiro atoms. The summed E-state index contributed by atoms with van der Waals surface area (Å²) in [5.41, 5.74) is 1.16. The Bertz CT molecular complexity index is 392. The third kappa shape index (κ3) is 5.66. The highest BCUT2D eigenvalue weighted by Gasteiger charge is 2.21. The van der Waals surface area contributed by atoms with Crippen molar-refractivity contribution in [3.63, 3.8) is 0 Å². The Labute approximate surface area is 114 Å². The van der Waals surface area contributed by atoms with Gasteiger partial charge in [0.25, 0.3) is 0 Å². The molecule has 0 aliphatic rings. The quantitative estimate of drug-likeness (QED) is 0.573. The fourth-order valence-electron chi connectivity index (χ4n) is 1.82. The Balaban J connectivity index is 2.58. The number of carbonyl (C=O) groups is 2. The molecule has 0 saturated heterocycles. The van der Waals surface area contributed by atoms with Crippen molar-refractivity contribution >= 4 is 12.3 Å². The van der Waals surface area contributed by atoms with Crippen LogP contribution in [0.5, 0.6) is 0 Å². The van der Waals surface area contributed by atoms with Crippen molar-refractivity contribution in [2.75, 3.05) is 6.61 Å². The van der Waals surface area contributed by atoms with Crippen molar-refractivity contribution in [1.82, 2.24) is 5.32 Å². The van der Waals surface area contributed by atoms with Gasteiger partial charge in [-0.05, 0) is 32.3 Å². The Morgan fingerprint density at radius 3 is 2.63 bits per heavy atom. The van der Waals surface area contributed by atoms with Crippen LogP contribution in [0.3, 0.4) is 0 Å². The Kier molecular flexibility index (Phi) is 6.82. The van der Waals surface area contributed by atoms with E-state index in [1.54, 1.807) is 13.8 Å². The lowest BCUT2D eigenvalue weighted by Gasteiger charge is -2.19. The van der Waals surface area contributed by atoms with Crippen LogP contribution < -0.4 is 5.32 Å². The molecule has 4 heteroatoms. The van der Waals surface area contributed by atoms with E-state index in [0.717, 1.165) is 18.3 Å². The van der Waals surface area contributed by atoms with Crippen LogP contribution in [-0.4, -0.2) is 30.9 Å². The molecule has 0 radical (unpaired) electrons. The second-order valence-corrected chi connectivity index (χ2v) is 4.42. The number of hydrogen-bond acceptors (Lipinski definition) is 4. The maximum atomic E-state index is 11.8. The molecule has 4 nitrogen and oxygen atoms in total. The minimum absolute atomic E-state index is 0.299. The van der Waals surface area contributed by atoms with Gasteiger partial charge in [0.1, 0.15) is 12.3 Å². The lowest BCUT2D eigenvalue weighted by molar-refractivity contribution is -0.146. The zero-order valence-corrected chi connectivity index (χ0v) is 11.5. The first-order valence-corrected chi connectivity index (χ1v) is 6.59. The molecule has 0 bridgehead atoms. The van der Waals surface area contributed by atoms with Crippen LogP contribution in [0.4, 0.5) is 0 Å². The fraction of sp³-hybridized carbons (Fsp3) is 0.467.